The fraction of sp³-hybridized carbons (Fsp3) is 0.235. The van der Waals surface area contributed by atoms with E-state index in [0.29, 0.717) is 12.0 Å². The van der Waals surface area contributed by atoms with Crippen molar-refractivity contribution in [1.82, 2.24) is 4.98 Å². The maximum Gasteiger partial charge on any atom is 0.492 e. The second-order valence-corrected chi connectivity index (χ2v) is 5.67. The van der Waals surface area contributed by atoms with Gasteiger partial charge in [0.15, 0.2) is 0 Å². The Kier molecular flexibility index (Phi) is 5.68. The van der Waals surface area contributed by atoms with Gasteiger partial charge in [0, 0.05) is 16.6 Å². The summed E-state index contributed by atoms with van der Waals surface area (Å²) >= 11 is 0. The molecule has 1 aromatic carbocycles. The minimum atomic E-state index is -1.84. The van der Waals surface area contributed by atoms with E-state index in [1.807, 2.05) is 13.0 Å². The van der Waals surface area contributed by atoms with Crippen molar-refractivity contribution >= 4 is 18.4 Å². The number of pyridine rings is 1. The van der Waals surface area contributed by atoms with Crippen LogP contribution in [-0.4, -0.2) is 28.8 Å². The molecule has 9 heteroatoms. The Hall–Kier alpha value is -3.27. The van der Waals surface area contributed by atoms with Crippen molar-refractivity contribution in [2.75, 3.05) is 12.3 Å². The van der Waals surface area contributed by atoms with Crippen LogP contribution >= 0.6 is 0 Å². The molecule has 0 amide bonds. The Balaban J connectivity index is 3.00. The molecule has 0 saturated carbocycles. The van der Waals surface area contributed by atoms with Gasteiger partial charge in [-0.1, -0.05) is 18.6 Å². The van der Waals surface area contributed by atoms with Gasteiger partial charge in [-0.25, -0.2) is 0 Å². The highest BCUT2D eigenvalue weighted by molar-refractivity contribution is 6.60. The highest BCUT2D eigenvalue weighted by atomic mass is 16.5. The molecule has 8 nitrogen and oxygen atoms in total. The molecule has 0 atom stereocenters. The number of rotatable bonds is 5. The van der Waals surface area contributed by atoms with Crippen molar-refractivity contribution in [3.63, 3.8) is 0 Å². The predicted octanol–water partition coefficient (Wildman–Crippen LogP) is 0.144. The number of benzene rings is 1. The maximum absolute atomic E-state index is 12.2. The van der Waals surface area contributed by atoms with Crippen LogP contribution in [0.4, 0.5) is 5.82 Å². The van der Waals surface area contributed by atoms with E-state index in [1.165, 1.54) is 6.07 Å². The van der Waals surface area contributed by atoms with Crippen molar-refractivity contribution in [3.8, 4) is 29.0 Å². The highest BCUT2D eigenvalue weighted by Crippen LogP contribution is 2.35. The second kappa shape index (κ2) is 7.75. The third kappa shape index (κ3) is 3.40. The van der Waals surface area contributed by atoms with Gasteiger partial charge in [-0.2, -0.15) is 10.5 Å². The molecule has 0 unspecified atom stereocenters. The summed E-state index contributed by atoms with van der Waals surface area (Å²) in [5.74, 6) is -0.0917. The summed E-state index contributed by atoms with van der Waals surface area (Å²) in [5.41, 5.74) is 5.54. The fourth-order valence-electron chi connectivity index (χ4n) is 2.66. The van der Waals surface area contributed by atoms with Gasteiger partial charge in [0.1, 0.15) is 34.8 Å². The first-order chi connectivity index (χ1) is 12.3. The summed E-state index contributed by atoms with van der Waals surface area (Å²) in [6.45, 7) is 3.83. The number of aromatic amines is 1. The van der Waals surface area contributed by atoms with E-state index < -0.39 is 12.7 Å². The Morgan fingerprint density at radius 2 is 1.92 bits per heavy atom. The molecule has 5 N–H and O–H groups in total. The van der Waals surface area contributed by atoms with Crippen LogP contribution in [0.1, 0.15) is 30.0 Å². The summed E-state index contributed by atoms with van der Waals surface area (Å²) in [6.07, 6.45) is 0.641. The number of nitriles is 2. The zero-order chi connectivity index (χ0) is 19.4. The average molecular weight is 352 g/mol. The number of nitrogens with two attached hydrogens (primary N) is 1. The predicted molar refractivity (Wildman–Crippen MR) is 96.7 cm³/mol. The lowest BCUT2D eigenvalue weighted by Gasteiger charge is -2.18. The first kappa shape index (κ1) is 19.1. The lowest BCUT2D eigenvalue weighted by Crippen LogP contribution is -2.32. The molecule has 132 valence electrons. The summed E-state index contributed by atoms with van der Waals surface area (Å²) in [7, 11) is -1.84. The van der Waals surface area contributed by atoms with Crippen molar-refractivity contribution in [1.29, 1.82) is 10.5 Å². The van der Waals surface area contributed by atoms with Crippen molar-refractivity contribution in [2.45, 2.75) is 20.3 Å². The largest absolute Gasteiger partial charge is 0.493 e. The zero-order valence-corrected chi connectivity index (χ0v) is 14.3. The molecule has 0 bridgehead atoms. The number of anilines is 1. The van der Waals surface area contributed by atoms with Gasteiger partial charge in [-0.05, 0) is 19.4 Å². The van der Waals surface area contributed by atoms with E-state index in [1.54, 1.807) is 19.1 Å². The van der Waals surface area contributed by atoms with Crippen molar-refractivity contribution in [3.05, 3.63) is 39.2 Å². The maximum atomic E-state index is 12.2. The van der Waals surface area contributed by atoms with Crippen LogP contribution in [-0.2, 0) is 0 Å². The van der Waals surface area contributed by atoms with Gasteiger partial charge >= 0.3 is 7.12 Å². The van der Waals surface area contributed by atoms with E-state index >= 15 is 0 Å². The number of aromatic nitrogens is 1. The van der Waals surface area contributed by atoms with Gasteiger partial charge in [0.25, 0.3) is 5.56 Å². The SMILES string of the molecule is CCCOc1c(B(O)O)cc(C)cc1-c1c(C#N)c(N)[nH]c(=O)c1C#N. The first-order valence-corrected chi connectivity index (χ1v) is 7.85. The van der Waals surface area contributed by atoms with Crippen LogP contribution in [0.3, 0.4) is 0 Å². The van der Waals surface area contributed by atoms with Gasteiger partial charge < -0.3 is 25.5 Å². The van der Waals surface area contributed by atoms with Gasteiger partial charge in [-0.3, -0.25) is 4.79 Å². The number of ether oxygens (including phenoxy) is 1. The van der Waals surface area contributed by atoms with Crippen molar-refractivity contribution < 1.29 is 14.8 Å². The standard InChI is InChI=1S/C17H17BN4O4/c1-3-4-26-15-10(5-9(2)6-13(15)18(24)25)14-11(7-19)16(21)22-17(23)12(14)8-20/h5-6,24-25H,3-4H2,1-2H3,(H3,21,22,23). The normalized spacial score (nSPS) is 10.1. The van der Waals surface area contributed by atoms with Crippen LogP contribution in [0, 0.1) is 29.6 Å². The lowest BCUT2D eigenvalue weighted by molar-refractivity contribution is 0.319. The van der Waals surface area contributed by atoms with E-state index in [2.05, 4.69) is 4.98 Å². The number of hydrogen-bond acceptors (Lipinski definition) is 7. The molecule has 0 fully saturated rings. The Morgan fingerprint density at radius 3 is 2.46 bits per heavy atom. The average Bonchev–Trinajstić information content (AvgIpc) is 2.59. The van der Waals surface area contributed by atoms with Crippen LogP contribution in [0.25, 0.3) is 11.1 Å². The first-order valence-electron chi connectivity index (χ1n) is 7.85. The summed E-state index contributed by atoms with van der Waals surface area (Å²) in [6, 6.07) is 6.80. The molecule has 0 aliphatic carbocycles. The number of aryl methyl sites for hydroxylation is 1. The van der Waals surface area contributed by atoms with Crippen LogP contribution in [0.2, 0.25) is 0 Å². The molecule has 0 spiro atoms. The van der Waals surface area contributed by atoms with Crippen LogP contribution < -0.4 is 21.5 Å². The summed E-state index contributed by atoms with van der Waals surface area (Å²) in [5, 5.41) is 38.3. The van der Waals surface area contributed by atoms with E-state index in [9.17, 15) is 25.4 Å². The molecule has 0 saturated heterocycles. The number of nitrogens with one attached hydrogen (secondary N) is 1. The summed E-state index contributed by atoms with van der Waals surface area (Å²) in [4.78, 5) is 14.4. The molecule has 2 aromatic rings. The van der Waals surface area contributed by atoms with E-state index in [4.69, 9.17) is 10.5 Å². The van der Waals surface area contributed by atoms with Crippen LogP contribution in [0.15, 0.2) is 16.9 Å². The second-order valence-electron chi connectivity index (χ2n) is 5.67. The monoisotopic (exact) mass is 352 g/mol. The molecular weight excluding hydrogens is 335 g/mol. The smallest absolute Gasteiger partial charge is 0.492 e. The van der Waals surface area contributed by atoms with E-state index in [0.717, 1.165) is 0 Å². The van der Waals surface area contributed by atoms with Gasteiger partial charge in [0.2, 0.25) is 0 Å². The lowest BCUT2D eigenvalue weighted by atomic mass is 9.76. The Morgan fingerprint density at radius 1 is 1.27 bits per heavy atom. The third-order valence-corrected chi connectivity index (χ3v) is 3.73. The Labute approximate surface area is 150 Å². The van der Waals surface area contributed by atoms with Crippen LogP contribution in [0.5, 0.6) is 5.75 Å². The van der Waals surface area contributed by atoms with E-state index in [-0.39, 0.29) is 45.9 Å². The molecule has 2 rings (SSSR count). The van der Waals surface area contributed by atoms with Gasteiger partial charge in [0.05, 0.1) is 6.61 Å². The highest BCUT2D eigenvalue weighted by Gasteiger charge is 2.26. The fourth-order valence-corrected chi connectivity index (χ4v) is 2.66. The third-order valence-electron chi connectivity index (χ3n) is 3.73. The molecule has 0 aliphatic rings. The topological polar surface area (TPSA) is 156 Å². The minimum Gasteiger partial charge on any atom is -0.493 e. The Bertz CT molecular complexity index is 986. The number of nitrogen functional groups attached to an aromatic ring is 1. The van der Waals surface area contributed by atoms with Gasteiger partial charge in [-0.15, -0.1) is 0 Å². The number of H-pyrrole nitrogens is 1. The molecule has 26 heavy (non-hydrogen) atoms. The molecule has 1 heterocycles. The molecule has 0 radical (unpaired) electrons. The molecule has 1 aromatic heterocycles. The number of hydrogen-bond donors (Lipinski definition) is 4. The zero-order valence-electron chi connectivity index (χ0n) is 14.3. The van der Waals surface area contributed by atoms with Crippen molar-refractivity contribution in [2.24, 2.45) is 0 Å². The molecule has 0 aliphatic heterocycles. The quantitative estimate of drug-likeness (QED) is 0.558. The molecular formula is C17H17BN4O4. The number of nitrogens with zero attached hydrogens (tertiary/aromatic N) is 2. The minimum absolute atomic E-state index is 0.00736. The summed E-state index contributed by atoms with van der Waals surface area (Å²) < 4.78 is 5.68.